The van der Waals surface area contributed by atoms with Gasteiger partial charge in [0.05, 0.1) is 30.1 Å². The highest BCUT2D eigenvalue weighted by Crippen LogP contribution is 2.32. The van der Waals surface area contributed by atoms with Gasteiger partial charge in [0, 0.05) is 71.7 Å². The minimum atomic E-state index is -0.200. The lowest BCUT2D eigenvalue weighted by atomic mass is 9.91. The van der Waals surface area contributed by atoms with Crippen LogP contribution in [0.5, 0.6) is 0 Å². The van der Waals surface area contributed by atoms with E-state index in [9.17, 15) is 9.59 Å². The lowest BCUT2D eigenvalue weighted by molar-refractivity contribution is -0.111. The van der Waals surface area contributed by atoms with Crippen LogP contribution in [0.1, 0.15) is 36.0 Å². The topological polar surface area (TPSA) is 124 Å². The van der Waals surface area contributed by atoms with Crippen molar-refractivity contribution in [3.05, 3.63) is 83.7 Å². The number of fused-ring (bicyclic) bond motifs is 1. The summed E-state index contributed by atoms with van der Waals surface area (Å²) in [6.07, 6.45) is 10.5. The van der Waals surface area contributed by atoms with Gasteiger partial charge in [0.2, 0.25) is 11.9 Å². The first kappa shape index (κ1) is 29.8. The zero-order valence-electron chi connectivity index (χ0n) is 24.4. The predicted molar refractivity (Wildman–Crippen MR) is 173 cm³/mol. The molecule has 4 N–H and O–H groups in total. The van der Waals surface area contributed by atoms with Crippen molar-refractivity contribution >= 4 is 46.0 Å². The normalized spacial score (nSPS) is 19.2. The molecular weight excluding hydrogens is 578 g/mol. The zero-order chi connectivity index (χ0) is 30.3. The standard InChI is InChI=1S/C33H36ClN7O3/c34-28-21-36-33(40-31(28)27-20-35-29-8-2-1-7-26(27)29)39-25-6-3-5-24(19-25)38-32(43)22-10-12-23(13-11-22)37-30(42)9-4-14-41-15-17-44-18-16-41/h1-2,4,7-13,20-21,24-25,35H,3,5-6,14-19H2,(H,37,42)(H,38,43)(H,36,39,40). The molecule has 0 bridgehead atoms. The lowest BCUT2D eigenvalue weighted by Gasteiger charge is -2.30. The molecule has 0 spiro atoms. The summed E-state index contributed by atoms with van der Waals surface area (Å²) < 4.78 is 5.34. The van der Waals surface area contributed by atoms with Crippen LogP contribution in [-0.2, 0) is 9.53 Å². The molecule has 3 heterocycles. The number of H-pyrrole nitrogens is 1. The summed E-state index contributed by atoms with van der Waals surface area (Å²) in [5, 5.41) is 11.0. The van der Waals surface area contributed by atoms with Gasteiger partial charge in [0.1, 0.15) is 0 Å². The summed E-state index contributed by atoms with van der Waals surface area (Å²) in [4.78, 5) is 40.0. The maximum absolute atomic E-state index is 13.0. The number of nitrogens with zero attached hydrogens (tertiary/aromatic N) is 3. The molecule has 1 aliphatic carbocycles. The molecule has 2 unspecified atom stereocenters. The van der Waals surface area contributed by atoms with Crippen LogP contribution in [-0.4, -0.2) is 76.6 Å². The maximum atomic E-state index is 13.0. The second kappa shape index (κ2) is 14.0. The Hall–Kier alpha value is -4.25. The molecule has 44 heavy (non-hydrogen) atoms. The van der Waals surface area contributed by atoms with Gasteiger partial charge in [-0.2, -0.15) is 0 Å². The second-order valence-corrected chi connectivity index (χ2v) is 11.6. The van der Waals surface area contributed by atoms with E-state index in [1.165, 1.54) is 0 Å². The van der Waals surface area contributed by atoms with Crippen LogP contribution in [0, 0.1) is 0 Å². The molecule has 0 radical (unpaired) electrons. The molecule has 2 aromatic heterocycles. The quantitative estimate of drug-likeness (QED) is 0.190. The molecule has 6 rings (SSSR count). The Morgan fingerprint density at radius 1 is 1.07 bits per heavy atom. The zero-order valence-corrected chi connectivity index (χ0v) is 25.1. The highest BCUT2D eigenvalue weighted by atomic mass is 35.5. The van der Waals surface area contributed by atoms with Crippen LogP contribution in [0.25, 0.3) is 22.2 Å². The van der Waals surface area contributed by atoms with Gasteiger partial charge in [-0.3, -0.25) is 14.5 Å². The Morgan fingerprint density at radius 2 is 1.86 bits per heavy atom. The third kappa shape index (κ3) is 7.45. The van der Waals surface area contributed by atoms with Crippen molar-refractivity contribution in [1.82, 2.24) is 25.2 Å². The van der Waals surface area contributed by atoms with Gasteiger partial charge in [-0.15, -0.1) is 0 Å². The smallest absolute Gasteiger partial charge is 0.251 e. The van der Waals surface area contributed by atoms with E-state index in [4.69, 9.17) is 21.3 Å². The third-order valence-corrected chi connectivity index (χ3v) is 8.36. The summed E-state index contributed by atoms with van der Waals surface area (Å²) >= 11 is 6.51. The predicted octanol–water partition coefficient (Wildman–Crippen LogP) is 5.26. The number of amides is 2. The fraction of sp³-hybridized carbons (Fsp3) is 0.333. The van der Waals surface area contributed by atoms with E-state index in [1.807, 2.05) is 36.5 Å². The Kier molecular flexibility index (Phi) is 9.50. The summed E-state index contributed by atoms with van der Waals surface area (Å²) in [5.41, 5.74) is 3.80. The van der Waals surface area contributed by atoms with Crippen LogP contribution < -0.4 is 16.0 Å². The summed E-state index contributed by atoms with van der Waals surface area (Å²) in [7, 11) is 0. The van der Waals surface area contributed by atoms with E-state index in [2.05, 4.69) is 30.8 Å². The number of ether oxygens (including phenoxy) is 1. The fourth-order valence-corrected chi connectivity index (χ4v) is 5.97. The van der Waals surface area contributed by atoms with Crippen molar-refractivity contribution in [1.29, 1.82) is 0 Å². The Bertz CT molecular complexity index is 1630. The molecule has 1 aliphatic heterocycles. The Balaban J connectivity index is 1.01. The number of anilines is 2. The Morgan fingerprint density at radius 3 is 2.70 bits per heavy atom. The third-order valence-electron chi connectivity index (χ3n) is 8.08. The number of morpholine rings is 1. The molecule has 4 aromatic rings. The molecule has 1 saturated carbocycles. The molecule has 2 amide bonds. The molecule has 2 fully saturated rings. The number of hydrogen-bond donors (Lipinski definition) is 4. The van der Waals surface area contributed by atoms with Crippen molar-refractivity contribution in [2.24, 2.45) is 0 Å². The first-order chi connectivity index (χ1) is 21.5. The van der Waals surface area contributed by atoms with E-state index in [0.717, 1.165) is 68.5 Å². The molecule has 1 saturated heterocycles. The average molecular weight is 614 g/mol. The highest BCUT2D eigenvalue weighted by Gasteiger charge is 2.25. The van der Waals surface area contributed by atoms with Crippen LogP contribution >= 0.6 is 11.6 Å². The molecule has 10 nitrogen and oxygen atoms in total. The van der Waals surface area contributed by atoms with Crippen molar-refractivity contribution in [2.45, 2.75) is 37.8 Å². The average Bonchev–Trinajstić information content (AvgIpc) is 3.47. The van der Waals surface area contributed by atoms with Gasteiger partial charge in [-0.25, -0.2) is 9.97 Å². The number of benzene rings is 2. The summed E-state index contributed by atoms with van der Waals surface area (Å²) in [6.45, 7) is 3.91. The number of aromatic amines is 1. The van der Waals surface area contributed by atoms with Gasteiger partial charge < -0.3 is 25.7 Å². The SMILES string of the molecule is O=C(C=CCN1CCOCC1)Nc1ccc(C(=O)NC2CCCC(Nc3ncc(Cl)c(-c4c[nH]c5ccccc45)n3)C2)cc1. The van der Waals surface area contributed by atoms with Crippen molar-refractivity contribution in [2.75, 3.05) is 43.5 Å². The van der Waals surface area contributed by atoms with Gasteiger partial charge in [-0.1, -0.05) is 35.9 Å². The highest BCUT2D eigenvalue weighted by molar-refractivity contribution is 6.33. The van der Waals surface area contributed by atoms with E-state index in [1.54, 1.807) is 36.5 Å². The number of carbonyl (C=O) groups excluding carboxylic acids is 2. The summed E-state index contributed by atoms with van der Waals surface area (Å²) in [5.74, 6) is 0.179. The second-order valence-electron chi connectivity index (χ2n) is 11.2. The molecular formula is C33H36ClN7O3. The van der Waals surface area contributed by atoms with E-state index < -0.39 is 0 Å². The maximum Gasteiger partial charge on any atom is 0.251 e. The number of halogens is 1. The number of aromatic nitrogens is 3. The van der Waals surface area contributed by atoms with Crippen LogP contribution in [0.15, 0.2) is 73.1 Å². The fourth-order valence-electron chi connectivity index (χ4n) is 5.78. The van der Waals surface area contributed by atoms with Crippen LogP contribution in [0.4, 0.5) is 11.6 Å². The molecule has 2 aliphatic rings. The number of hydrogen-bond acceptors (Lipinski definition) is 7. The van der Waals surface area contributed by atoms with Crippen molar-refractivity contribution in [3.8, 4) is 11.3 Å². The number of carbonyl (C=O) groups is 2. The van der Waals surface area contributed by atoms with Gasteiger partial charge >= 0.3 is 0 Å². The molecule has 2 atom stereocenters. The largest absolute Gasteiger partial charge is 0.379 e. The van der Waals surface area contributed by atoms with E-state index in [0.29, 0.717) is 34.5 Å². The number of nitrogens with one attached hydrogen (secondary N) is 4. The molecule has 228 valence electrons. The van der Waals surface area contributed by atoms with Gasteiger partial charge in [0.25, 0.3) is 5.91 Å². The summed E-state index contributed by atoms with van der Waals surface area (Å²) in [6, 6.07) is 15.1. The number of para-hydroxylation sites is 1. The first-order valence-electron chi connectivity index (χ1n) is 15.1. The lowest BCUT2D eigenvalue weighted by Crippen LogP contribution is -2.42. The van der Waals surface area contributed by atoms with Gasteiger partial charge in [0.15, 0.2) is 0 Å². The molecule has 11 heteroatoms. The van der Waals surface area contributed by atoms with E-state index in [-0.39, 0.29) is 23.9 Å². The van der Waals surface area contributed by atoms with E-state index >= 15 is 0 Å². The minimum absolute atomic E-state index is 0.0186. The Labute approximate surface area is 261 Å². The number of rotatable bonds is 9. The first-order valence-corrected chi connectivity index (χ1v) is 15.4. The van der Waals surface area contributed by atoms with Crippen molar-refractivity contribution < 1.29 is 14.3 Å². The van der Waals surface area contributed by atoms with Gasteiger partial charge in [-0.05, 0) is 56.0 Å². The van der Waals surface area contributed by atoms with Crippen LogP contribution in [0.2, 0.25) is 5.02 Å². The monoisotopic (exact) mass is 613 g/mol. The minimum Gasteiger partial charge on any atom is -0.379 e. The molecule has 2 aromatic carbocycles. The van der Waals surface area contributed by atoms with Crippen molar-refractivity contribution in [3.63, 3.8) is 0 Å². The van der Waals surface area contributed by atoms with Crippen LogP contribution in [0.3, 0.4) is 0 Å².